The molecule has 0 aromatic heterocycles. The van der Waals surface area contributed by atoms with E-state index in [1.165, 1.54) is 6.07 Å². The normalized spacial score (nSPS) is 18.3. The number of urea groups is 1. The topological polar surface area (TPSA) is 105 Å². The molecule has 8 heteroatoms. The van der Waals surface area contributed by atoms with Gasteiger partial charge in [-0.25, -0.2) is 4.79 Å². The second-order valence-electron chi connectivity index (χ2n) is 6.31. The number of benzene rings is 1. The molecule has 0 saturated carbocycles. The van der Waals surface area contributed by atoms with Crippen LogP contribution in [0.3, 0.4) is 0 Å². The van der Waals surface area contributed by atoms with Crippen molar-refractivity contribution in [2.75, 3.05) is 6.54 Å². The van der Waals surface area contributed by atoms with Crippen molar-refractivity contribution in [3.05, 3.63) is 39.9 Å². The number of carbonyl (C=O) groups excluding carboxylic acids is 2. The predicted octanol–water partition coefficient (Wildman–Crippen LogP) is 2.18. The molecule has 1 heterocycles. The van der Waals surface area contributed by atoms with Gasteiger partial charge in [0, 0.05) is 24.2 Å². The number of amides is 3. The van der Waals surface area contributed by atoms with E-state index in [2.05, 4.69) is 10.6 Å². The van der Waals surface area contributed by atoms with Gasteiger partial charge in [0.2, 0.25) is 5.91 Å². The Balaban J connectivity index is 1.87. The maximum absolute atomic E-state index is 12.5. The van der Waals surface area contributed by atoms with Gasteiger partial charge in [-0.1, -0.05) is 18.2 Å². The summed E-state index contributed by atoms with van der Waals surface area (Å²) in [7, 11) is 0. The van der Waals surface area contributed by atoms with Crippen LogP contribution in [0, 0.1) is 10.1 Å². The molecule has 136 valence electrons. The number of hydrogen-bond donors (Lipinski definition) is 2. The summed E-state index contributed by atoms with van der Waals surface area (Å²) in [6, 6.07) is 5.23. The summed E-state index contributed by atoms with van der Waals surface area (Å²) in [6.07, 6.45) is 3.07. The average Bonchev–Trinajstić information content (AvgIpc) is 2.60. The Labute approximate surface area is 146 Å². The van der Waals surface area contributed by atoms with Gasteiger partial charge >= 0.3 is 6.03 Å². The number of para-hydroxylation sites is 1. The number of hydrogen-bond acceptors (Lipinski definition) is 4. The van der Waals surface area contributed by atoms with E-state index in [9.17, 15) is 19.7 Å². The van der Waals surface area contributed by atoms with Crippen LogP contribution in [-0.2, 0) is 11.3 Å². The maximum Gasteiger partial charge on any atom is 0.315 e. The van der Waals surface area contributed by atoms with Crippen LogP contribution in [0.1, 0.15) is 38.7 Å². The standard InChI is InChI=1S/C17H24N4O4/c1-12-7-5-6-10-20(12)16(22)13(2)19-17(23)18-11-14-8-3-4-9-15(14)21(24)25/h3-4,8-9,12-13H,5-7,10-11H2,1-2H3,(H2,18,19,23)/t12-,13-/m0/s1. The van der Waals surface area contributed by atoms with Crippen LogP contribution < -0.4 is 10.6 Å². The van der Waals surface area contributed by atoms with E-state index in [1.807, 2.05) is 6.92 Å². The zero-order valence-electron chi connectivity index (χ0n) is 14.5. The number of carbonyl (C=O) groups is 2. The zero-order valence-corrected chi connectivity index (χ0v) is 14.5. The minimum atomic E-state index is -0.647. The minimum absolute atomic E-state index is 0.0179. The molecule has 2 atom stereocenters. The monoisotopic (exact) mass is 348 g/mol. The van der Waals surface area contributed by atoms with Crippen molar-refractivity contribution in [1.29, 1.82) is 0 Å². The summed E-state index contributed by atoms with van der Waals surface area (Å²) in [6.45, 7) is 4.39. The number of nitrogens with zero attached hydrogens (tertiary/aromatic N) is 2. The Bertz CT molecular complexity index is 649. The summed E-state index contributed by atoms with van der Waals surface area (Å²) in [5, 5.41) is 16.1. The average molecular weight is 348 g/mol. The van der Waals surface area contributed by atoms with Gasteiger partial charge in [0.25, 0.3) is 5.69 Å². The molecular weight excluding hydrogens is 324 g/mol. The fourth-order valence-corrected chi connectivity index (χ4v) is 3.00. The lowest BCUT2D eigenvalue weighted by atomic mass is 10.0. The third-order valence-corrected chi connectivity index (χ3v) is 4.43. The number of piperidine rings is 1. The van der Waals surface area contributed by atoms with Gasteiger partial charge in [0.1, 0.15) is 6.04 Å². The van der Waals surface area contributed by atoms with Crippen LogP contribution in [0.5, 0.6) is 0 Å². The molecule has 1 saturated heterocycles. The lowest BCUT2D eigenvalue weighted by molar-refractivity contribution is -0.385. The first-order valence-corrected chi connectivity index (χ1v) is 8.47. The highest BCUT2D eigenvalue weighted by Gasteiger charge is 2.27. The molecule has 1 fully saturated rings. The van der Waals surface area contributed by atoms with Gasteiger partial charge < -0.3 is 15.5 Å². The second kappa shape index (κ2) is 8.46. The van der Waals surface area contributed by atoms with Gasteiger partial charge in [0.15, 0.2) is 0 Å². The number of nitro groups is 1. The number of likely N-dealkylation sites (tertiary alicyclic amines) is 1. The molecule has 1 aliphatic rings. The van der Waals surface area contributed by atoms with E-state index in [-0.39, 0.29) is 24.2 Å². The summed E-state index contributed by atoms with van der Waals surface area (Å²) in [5.41, 5.74) is 0.361. The zero-order chi connectivity index (χ0) is 18.4. The van der Waals surface area contributed by atoms with E-state index < -0.39 is 17.0 Å². The smallest absolute Gasteiger partial charge is 0.315 e. The first kappa shape index (κ1) is 18.7. The van der Waals surface area contributed by atoms with E-state index in [4.69, 9.17) is 0 Å². The van der Waals surface area contributed by atoms with Crippen molar-refractivity contribution in [3.8, 4) is 0 Å². The lowest BCUT2D eigenvalue weighted by Gasteiger charge is -2.35. The van der Waals surface area contributed by atoms with E-state index in [0.717, 1.165) is 19.3 Å². The van der Waals surface area contributed by atoms with Gasteiger partial charge in [0.05, 0.1) is 11.5 Å². The highest BCUT2D eigenvalue weighted by molar-refractivity contribution is 5.87. The summed E-state index contributed by atoms with van der Waals surface area (Å²) in [4.78, 5) is 36.8. The van der Waals surface area contributed by atoms with Gasteiger partial charge in [-0.2, -0.15) is 0 Å². The Hall–Kier alpha value is -2.64. The third kappa shape index (κ3) is 4.91. The minimum Gasteiger partial charge on any atom is -0.338 e. The maximum atomic E-state index is 12.5. The molecule has 2 rings (SSSR count). The van der Waals surface area contributed by atoms with Crippen LogP contribution in [0.25, 0.3) is 0 Å². The molecule has 0 unspecified atom stereocenters. The van der Waals surface area contributed by atoms with Crippen molar-refractivity contribution in [2.45, 2.75) is 51.7 Å². The Morgan fingerprint density at radius 1 is 1.36 bits per heavy atom. The largest absolute Gasteiger partial charge is 0.338 e. The molecular formula is C17H24N4O4. The molecule has 0 aliphatic carbocycles. The molecule has 8 nitrogen and oxygen atoms in total. The van der Waals surface area contributed by atoms with Gasteiger partial charge in [-0.05, 0) is 33.1 Å². The predicted molar refractivity (Wildman–Crippen MR) is 93.0 cm³/mol. The van der Waals surface area contributed by atoms with Crippen LogP contribution >= 0.6 is 0 Å². The van der Waals surface area contributed by atoms with Crippen LogP contribution in [0.15, 0.2) is 24.3 Å². The second-order valence-corrected chi connectivity index (χ2v) is 6.31. The van der Waals surface area contributed by atoms with E-state index in [1.54, 1.807) is 30.0 Å². The number of nitro benzene ring substituents is 1. The Morgan fingerprint density at radius 3 is 2.76 bits per heavy atom. The van der Waals surface area contributed by atoms with Gasteiger partial charge in [-0.3, -0.25) is 14.9 Å². The molecule has 1 aromatic carbocycles. The third-order valence-electron chi connectivity index (χ3n) is 4.43. The SMILES string of the molecule is C[C@H](NC(=O)NCc1ccccc1[N+](=O)[O-])C(=O)N1CCCC[C@@H]1C. The van der Waals surface area contributed by atoms with Crippen molar-refractivity contribution in [2.24, 2.45) is 0 Å². The molecule has 3 amide bonds. The van der Waals surface area contributed by atoms with E-state index in [0.29, 0.717) is 12.1 Å². The van der Waals surface area contributed by atoms with Crippen LogP contribution in [-0.4, -0.2) is 40.4 Å². The number of rotatable bonds is 5. The first-order valence-electron chi connectivity index (χ1n) is 8.47. The van der Waals surface area contributed by atoms with Crippen molar-refractivity contribution < 1.29 is 14.5 Å². The molecule has 1 aromatic rings. The highest BCUT2D eigenvalue weighted by Crippen LogP contribution is 2.18. The van der Waals surface area contributed by atoms with Crippen LogP contribution in [0.4, 0.5) is 10.5 Å². The fraction of sp³-hybridized carbons (Fsp3) is 0.529. The van der Waals surface area contributed by atoms with Crippen molar-refractivity contribution in [1.82, 2.24) is 15.5 Å². The summed E-state index contributed by atoms with van der Waals surface area (Å²) < 4.78 is 0. The Morgan fingerprint density at radius 2 is 2.08 bits per heavy atom. The van der Waals surface area contributed by atoms with Gasteiger partial charge in [-0.15, -0.1) is 0 Å². The molecule has 0 spiro atoms. The van der Waals surface area contributed by atoms with Crippen molar-refractivity contribution >= 4 is 17.6 Å². The first-order chi connectivity index (χ1) is 11.9. The molecule has 25 heavy (non-hydrogen) atoms. The molecule has 0 radical (unpaired) electrons. The summed E-state index contributed by atoms with van der Waals surface area (Å²) in [5.74, 6) is -0.104. The quantitative estimate of drug-likeness (QED) is 0.628. The number of nitrogens with one attached hydrogen (secondary N) is 2. The molecule has 2 N–H and O–H groups in total. The fourth-order valence-electron chi connectivity index (χ4n) is 3.00. The Kier molecular flexibility index (Phi) is 6.32. The lowest BCUT2D eigenvalue weighted by Crippen LogP contribution is -2.53. The van der Waals surface area contributed by atoms with Crippen molar-refractivity contribution in [3.63, 3.8) is 0 Å². The molecule has 0 bridgehead atoms. The summed E-state index contributed by atoms with van der Waals surface area (Å²) >= 11 is 0. The van der Waals surface area contributed by atoms with E-state index >= 15 is 0 Å². The molecule has 1 aliphatic heterocycles. The highest BCUT2D eigenvalue weighted by atomic mass is 16.6. The van der Waals surface area contributed by atoms with Crippen LogP contribution in [0.2, 0.25) is 0 Å².